The monoisotopic (exact) mass is 213 g/mol. The summed E-state index contributed by atoms with van der Waals surface area (Å²) in [4.78, 5) is 0. The van der Waals surface area contributed by atoms with Crippen LogP contribution in [0.25, 0.3) is 0 Å². The van der Waals surface area contributed by atoms with Gasteiger partial charge in [0.2, 0.25) is 0 Å². The molecule has 3 heteroatoms. The molecule has 1 aliphatic rings. The van der Waals surface area contributed by atoms with Crippen LogP contribution in [0.2, 0.25) is 0 Å². The van der Waals surface area contributed by atoms with Gasteiger partial charge in [-0.2, -0.15) is 0 Å². The van der Waals surface area contributed by atoms with Crippen LogP contribution < -0.4 is 5.32 Å². The summed E-state index contributed by atoms with van der Waals surface area (Å²) in [6.45, 7) is 2.73. The molecule has 0 aromatic heterocycles. The van der Waals surface area contributed by atoms with Gasteiger partial charge in [-0.05, 0) is 18.5 Å². The van der Waals surface area contributed by atoms with Crippen molar-refractivity contribution >= 4 is 12.4 Å². The number of rotatable bonds is 4. The van der Waals surface area contributed by atoms with Gasteiger partial charge in [0.1, 0.15) is 0 Å². The highest BCUT2D eigenvalue weighted by molar-refractivity contribution is 5.85. The maximum atomic E-state index is 5.56. The maximum Gasteiger partial charge on any atom is 0.0717 e. The molecular weight excluding hydrogens is 198 g/mol. The van der Waals surface area contributed by atoms with Gasteiger partial charge >= 0.3 is 0 Å². The average Bonchev–Trinajstić information content (AvgIpc) is 2.11. The molecule has 1 saturated heterocycles. The highest BCUT2D eigenvalue weighted by Gasteiger charge is 2.15. The molecule has 0 spiro atoms. The standard InChI is InChI=1S/C11H15NO.ClH/c1-2-4-10(5-3-1)8-13-9-11-6-7-12-11;/h1-5,11-12H,6-9H2;1H. The first-order chi connectivity index (χ1) is 6.45. The zero-order valence-corrected chi connectivity index (χ0v) is 8.93. The molecule has 1 N–H and O–H groups in total. The minimum atomic E-state index is 0. The minimum Gasteiger partial charge on any atom is -0.375 e. The van der Waals surface area contributed by atoms with E-state index >= 15 is 0 Å². The summed E-state index contributed by atoms with van der Waals surface area (Å²) in [5.41, 5.74) is 1.25. The van der Waals surface area contributed by atoms with E-state index in [0.29, 0.717) is 6.04 Å². The molecule has 1 fully saturated rings. The Hall–Kier alpha value is -0.570. The normalized spacial score (nSPS) is 19.6. The van der Waals surface area contributed by atoms with Crippen LogP contribution in [-0.4, -0.2) is 19.2 Å². The molecule has 0 aliphatic carbocycles. The lowest BCUT2D eigenvalue weighted by Gasteiger charge is -2.27. The summed E-state index contributed by atoms with van der Waals surface area (Å²) < 4.78 is 5.56. The Morgan fingerprint density at radius 3 is 2.57 bits per heavy atom. The zero-order chi connectivity index (χ0) is 8.93. The third-order valence-corrected chi connectivity index (χ3v) is 2.36. The van der Waals surface area contributed by atoms with Crippen LogP contribution in [-0.2, 0) is 11.3 Å². The van der Waals surface area contributed by atoms with Crippen molar-refractivity contribution in [1.29, 1.82) is 0 Å². The molecule has 0 saturated carbocycles. The van der Waals surface area contributed by atoms with E-state index in [1.54, 1.807) is 0 Å². The van der Waals surface area contributed by atoms with Crippen LogP contribution in [0.4, 0.5) is 0 Å². The number of benzene rings is 1. The van der Waals surface area contributed by atoms with Crippen molar-refractivity contribution in [2.75, 3.05) is 13.2 Å². The molecule has 78 valence electrons. The van der Waals surface area contributed by atoms with Crippen molar-refractivity contribution in [2.45, 2.75) is 19.1 Å². The Balaban J connectivity index is 0.000000980. The van der Waals surface area contributed by atoms with E-state index in [1.165, 1.54) is 12.0 Å². The van der Waals surface area contributed by atoms with Gasteiger partial charge in [0.25, 0.3) is 0 Å². The van der Waals surface area contributed by atoms with Gasteiger partial charge < -0.3 is 10.1 Å². The third-order valence-electron chi connectivity index (χ3n) is 2.36. The summed E-state index contributed by atoms with van der Waals surface area (Å²) in [5.74, 6) is 0. The SMILES string of the molecule is Cl.c1ccc(COCC2CCN2)cc1. The lowest BCUT2D eigenvalue weighted by Crippen LogP contribution is -2.45. The molecule has 1 aliphatic heterocycles. The number of ether oxygens (including phenoxy) is 1. The number of hydrogen-bond donors (Lipinski definition) is 1. The summed E-state index contributed by atoms with van der Waals surface area (Å²) in [5, 5.41) is 3.31. The smallest absolute Gasteiger partial charge is 0.0717 e. The minimum absolute atomic E-state index is 0. The zero-order valence-electron chi connectivity index (χ0n) is 8.11. The Morgan fingerprint density at radius 1 is 1.29 bits per heavy atom. The Kier molecular flexibility index (Phi) is 4.94. The van der Waals surface area contributed by atoms with E-state index in [-0.39, 0.29) is 12.4 Å². The second-order valence-electron chi connectivity index (χ2n) is 3.44. The first-order valence-electron chi connectivity index (χ1n) is 4.80. The molecule has 1 aromatic rings. The van der Waals surface area contributed by atoms with E-state index in [1.807, 2.05) is 18.2 Å². The van der Waals surface area contributed by atoms with Crippen LogP contribution >= 0.6 is 12.4 Å². The second-order valence-corrected chi connectivity index (χ2v) is 3.44. The molecule has 14 heavy (non-hydrogen) atoms. The van der Waals surface area contributed by atoms with Crippen molar-refractivity contribution < 1.29 is 4.74 Å². The lowest BCUT2D eigenvalue weighted by atomic mass is 10.1. The van der Waals surface area contributed by atoms with E-state index in [2.05, 4.69) is 17.4 Å². The molecule has 1 atom stereocenters. The van der Waals surface area contributed by atoms with Crippen molar-refractivity contribution in [3.05, 3.63) is 35.9 Å². The number of halogens is 1. The van der Waals surface area contributed by atoms with Crippen LogP contribution in [0.3, 0.4) is 0 Å². The fraction of sp³-hybridized carbons (Fsp3) is 0.455. The highest BCUT2D eigenvalue weighted by Crippen LogP contribution is 2.05. The van der Waals surface area contributed by atoms with Gasteiger partial charge in [-0.3, -0.25) is 0 Å². The molecule has 1 aromatic carbocycles. The molecule has 1 unspecified atom stereocenters. The first-order valence-corrected chi connectivity index (χ1v) is 4.80. The van der Waals surface area contributed by atoms with Crippen molar-refractivity contribution in [2.24, 2.45) is 0 Å². The van der Waals surface area contributed by atoms with Crippen LogP contribution in [0, 0.1) is 0 Å². The van der Waals surface area contributed by atoms with Gasteiger partial charge in [0.15, 0.2) is 0 Å². The van der Waals surface area contributed by atoms with E-state index in [9.17, 15) is 0 Å². The summed E-state index contributed by atoms with van der Waals surface area (Å²) in [7, 11) is 0. The van der Waals surface area contributed by atoms with Gasteiger partial charge in [-0.15, -0.1) is 12.4 Å². The molecule has 2 nitrogen and oxygen atoms in total. The van der Waals surface area contributed by atoms with Gasteiger partial charge in [-0.1, -0.05) is 30.3 Å². The summed E-state index contributed by atoms with van der Waals surface area (Å²) in [6, 6.07) is 10.9. The Bertz CT molecular complexity index is 249. The average molecular weight is 214 g/mol. The van der Waals surface area contributed by atoms with E-state index in [0.717, 1.165) is 19.8 Å². The molecule has 1 heterocycles. The first kappa shape index (κ1) is 11.5. The van der Waals surface area contributed by atoms with Gasteiger partial charge in [0.05, 0.1) is 13.2 Å². The van der Waals surface area contributed by atoms with E-state index < -0.39 is 0 Å². The fourth-order valence-corrected chi connectivity index (χ4v) is 1.38. The van der Waals surface area contributed by atoms with Gasteiger partial charge in [0, 0.05) is 6.04 Å². The maximum absolute atomic E-state index is 5.56. The molecule has 0 radical (unpaired) electrons. The quantitative estimate of drug-likeness (QED) is 0.826. The van der Waals surface area contributed by atoms with Gasteiger partial charge in [-0.25, -0.2) is 0 Å². The van der Waals surface area contributed by atoms with Crippen molar-refractivity contribution in [1.82, 2.24) is 5.32 Å². The topological polar surface area (TPSA) is 21.3 Å². The third kappa shape index (κ3) is 3.29. The largest absolute Gasteiger partial charge is 0.375 e. The molecule has 2 rings (SSSR count). The number of nitrogens with one attached hydrogen (secondary N) is 1. The fourth-order valence-electron chi connectivity index (χ4n) is 1.38. The summed E-state index contributed by atoms with van der Waals surface area (Å²) >= 11 is 0. The lowest BCUT2D eigenvalue weighted by molar-refractivity contribution is 0.0807. The Morgan fingerprint density at radius 2 is 2.00 bits per heavy atom. The number of hydrogen-bond acceptors (Lipinski definition) is 2. The van der Waals surface area contributed by atoms with E-state index in [4.69, 9.17) is 4.74 Å². The van der Waals surface area contributed by atoms with Crippen LogP contribution in [0.15, 0.2) is 30.3 Å². The van der Waals surface area contributed by atoms with Crippen molar-refractivity contribution in [3.8, 4) is 0 Å². The predicted molar refractivity (Wildman–Crippen MR) is 59.8 cm³/mol. The van der Waals surface area contributed by atoms with Crippen LogP contribution in [0.1, 0.15) is 12.0 Å². The second kappa shape index (κ2) is 6.02. The predicted octanol–water partition coefficient (Wildman–Crippen LogP) is 1.99. The molecule has 0 amide bonds. The highest BCUT2D eigenvalue weighted by atomic mass is 35.5. The van der Waals surface area contributed by atoms with Crippen LogP contribution in [0.5, 0.6) is 0 Å². The Labute approximate surface area is 91.1 Å². The molecular formula is C11H16ClNO. The molecule has 0 bridgehead atoms. The van der Waals surface area contributed by atoms with Crippen molar-refractivity contribution in [3.63, 3.8) is 0 Å². The summed E-state index contributed by atoms with van der Waals surface area (Å²) in [6.07, 6.45) is 1.26.